The van der Waals surface area contributed by atoms with Gasteiger partial charge in [0.1, 0.15) is 6.04 Å². The predicted molar refractivity (Wildman–Crippen MR) is 67.6 cm³/mol. The highest BCUT2D eigenvalue weighted by atomic mass is 16.5. The van der Waals surface area contributed by atoms with Crippen LogP contribution in [0.25, 0.3) is 0 Å². The minimum absolute atomic E-state index is 0.193. The van der Waals surface area contributed by atoms with Gasteiger partial charge in [0.2, 0.25) is 5.91 Å². The lowest BCUT2D eigenvalue weighted by Crippen LogP contribution is -2.53. The minimum atomic E-state index is -1.07. The molecule has 1 aliphatic heterocycles. The number of nitrogens with two attached hydrogens (primary N) is 1. The molecule has 0 radical (unpaired) electrons. The molecule has 19 heavy (non-hydrogen) atoms. The molecular weight excluding hydrogens is 252 g/mol. The fourth-order valence-electron chi connectivity index (χ4n) is 2.09. The second-order valence-corrected chi connectivity index (χ2v) is 4.74. The summed E-state index contributed by atoms with van der Waals surface area (Å²) in [5.41, 5.74) is 4.99. The van der Waals surface area contributed by atoms with Crippen molar-refractivity contribution in [1.82, 2.24) is 5.32 Å². The Morgan fingerprint density at radius 3 is 2.58 bits per heavy atom. The summed E-state index contributed by atoms with van der Waals surface area (Å²) in [6.45, 7) is 1.41. The van der Waals surface area contributed by atoms with Crippen LogP contribution < -0.4 is 11.1 Å². The van der Waals surface area contributed by atoms with Gasteiger partial charge in [-0.3, -0.25) is 4.79 Å². The van der Waals surface area contributed by atoms with E-state index in [1.54, 1.807) is 0 Å². The SMILES string of the molecule is COCCC(NC(=O)C1(CN)CCOCC1)C(=O)O. The first-order chi connectivity index (χ1) is 9.05. The highest BCUT2D eigenvalue weighted by Gasteiger charge is 2.40. The number of hydrogen-bond acceptors (Lipinski definition) is 5. The van der Waals surface area contributed by atoms with Crippen LogP contribution in [0.2, 0.25) is 0 Å². The Kier molecular flexibility index (Phi) is 6.20. The molecule has 0 saturated carbocycles. The van der Waals surface area contributed by atoms with E-state index in [-0.39, 0.29) is 25.5 Å². The Balaban J connectivity index is 2.65. The molecular formula is C12H22N2O5. The van der Waals surface area contributed by atoms with E-state index in [1.165, 1.54) is 7.11 Å². The molecule has 1 rings (SSSR count). The van der Waals surface area contributed by atoms with E-state index in [2.05, 4.69) is 5.32 Å². The van der Waals surface area contributed by atoms with Crippen LogP contribution in [0.1, 0.15) is 19.3 Å². The van der Waals surface area contributed by atoms with E-state index < -0.39 is 17.4 Å². The number of methoxy groups -OCH3 is 1. The number of carbonyl (C=O) groups is 2. The molecule has 1 fully saturated rings. The van der Waals surface area contributed by atoms with Gasteiger partial charge in [-0.05, 0) is 12.8 Å². The van der Waals surface area contributed by atoms with Gasteiger partial charge < -0.3 is 25.6 Å². The van der Waals surface area contributed by atoms with E-state index >= 15 is 0 Å². The Morgan fingerprint density at radius 2 is 2.11 bits per heavy atom. The number of hydrogen-bond donors (Lipinski definition) is 3. The third-order valence-electron chi connectivity index (χ3n) is 3.54. The number of carbonyl (C=O) groups excluding carboxylic acids is 1. The molecule has 0 bridgehead atoms. The second kappa shape index (κ2) is 7.42. The van der Waals surface area contributed by atoms with Crippen LogP contribution in [-0.2, 0) is 19.1 Å². The minimum Gasteiger partial charge on any atom is -0.480 e. The number of ether oxygens (including phenoxy) is 2. The summed E-state index contributed by atoms with van der Waals surface area (Å²) in [5, 5.41) is 11.6. The smallest absolute Gasteiger partial charge is 0.326 e. The maximum Gasteiger partial charge on any atom is 0.326 e. The first-order valence-electron chi connectivity index (χ1n) is 6.36. The van der Waals surface area contributed by atoms with Gasteiger partial charge in [0.15, 0.2) is 0 Å². The van der Waals surface area contributed by atoms with E-state index in [0.29, 0.717) is 26.1 Å². The third-order valence-corrected chi connectivity index (χ3v) is 3.54. The van der Waals surface area contributed by atoms with E-state index in [1.807, 2.05) is 0 Å². The van der Waals surface area contributed by atoms with Gasteiger partial charge in [0, 0.05) is 39.9 Å². The van der Waals surface area contributed by atoms with Crippen molar-refractivity contribution in [2.75, 3.05) is 33.5 Å². The van der Waals surface area contributed by atoms with Gasteiger partial charge in [-0.25, -0.2) is 4.79 Å². The van der Waals surface area contributed by atoms with Crippen LogP contribution in [0, 0.1) is 5.41 Å². The van der Waals surface area contributed by atoms with Crippen molar-refractivity contribution >= 4 is 11.9 Å². The zero-order valence-corrected chi connectivity index (χ0v) is 11.2. The van der Waals surface area contributed by atoms with Gasteiger partial charge in [-0.1, -0.05) is 0 Å². The third kappa shape index (κ3) is 4.15. The molecule has 1 aliphatic rings. The number of aliphatic carboxylic acids is 1. The number of rotatable bonds is 7. The van der Waals surface area contributed by atoms with Crippen LogP contribution in [-0.4, -0.2) is 56.5 Å². The van der Waals surface area contributed by atoms with Crippen molar-refractivity contribution in [1.29, 1.82) is 0 Å². The highest BCUT2D eigenvalue weighted by Crippen LogP contribution is 2.29. The Hall–Kier alpha value is -1.18. The topological polar surface area (TPSA) is 111 Å². The average Bonchev–Trinajstić information content (AvgIpc) is 2.43. The molecule has 0 spiro atoms. The summed E-state index contributed by atoms with van der Waals surface area (Å²) in [5.74, 6) is -1.37. The van der Waals surface area contributed by atoms with Crippen molar-refractivity contribution in [3.05, 3.63) is 0 Å². The van der Waals surface area contributed by atoms with Crippen LogP contribution >= 0.6 is 0 Å². The fraction of sp³-hybridized carbons (Fsp3) is 0.833. The fourth-order valence-corrected chi connectivity index (χ4v) is 2.09. The number of amides is 1. The predicted octanol–water partition coefficient (Wildman–Crippen LogP) is -0.652. The molecule has 1 saturated heterocycles. The van der Waals surface area contributed by atoms with Gasteiger partial charge >= 0.3 is 5.97 Å². The first-order valence-corrected chi connectivity index (χ1v) is 6.36. The van der Waals surface area contributed by atoms with Crippen LogP contribution in [0.15, 0.2) is 0 Å². The van der Waals surface area contributed by atoms with E-state index in [9.17, 15) is 9.59 Å². The molecule has 1 heterocycles. The normalized spacial score (nSPS) is 19.7. The molecule has 1 unspecified atom stereocenters. The Bertz CT molecular complexity index is 315. The second-order valence-electron chi connectivity index (χ2n) is 4.74. The zero-order valence-electron chi connectivity index (χ0n) is 11.2. The Labute approximate surface area is 112 Å². The van der Waals surface area contributed by atoms with Crippen molar-refractivity contribution in [2.45, 2.75) is 25.3 Å². The van der Waals surface area contributed by atoms with Gasteiger partial charge in [0.05, 0.1) is 5.41 Å². The zero-order chi connectivity index (χ0) is 14.3. The molecule has 110 valence electrons. The van der Waals surface area contributed by atoms with E-state index in [0.717, 1.165) is 0 Å². The van der Waals surface area contributed by atoms with Crippen LogP contribution in [0.5, 0.6) is 0 Å². The maximum atomic E-state index is 12.3. The summed E-state index contributed by atoms with van der Waals surface area (Å²) in [6, 6.07) is -0.946. The first kappa shape index (κ1) is 15.9. The lowest BCUT2D eigenvalue weighted by Gasteiger charge is -2.35. The monoisotopic (exact) mass is 274 g/mol. The van der Waals surface area contributed by atoms with Crippen molar-refractivity contribution < 1.29 is 24.2 Å². The summed E-state index contributed by atoms with van der Waals surface area (Å²) >= 11 is 0. The standard InChI is InChI=1S/C12H22N2O5/c1-18-5-2-9(10(15)16)14-11(17)12(8-13)3-6-19-7-4-12/h9H,2-8,13H2,1H3,(H,14,17)(H,15,16). The lowest BCUT2D eigenvalue weighted by molar-refractivity contribution is -0.146. The molecule has 0 aliphatic carbocycles. The lowest BCUT2D eigenvalue weighted by atomic mass is 9.79. The molecule has 1 amide bonds. The molecule has 0 aromatic carbocycles. The molecule has 7 heteroatoms. The van der Waals surface area contributed by atoms with Crippen LogP contribution in [0.4, 0.5) is 0 Å². The molecule has 0 aromatic heterocycles. The molecule has 0 aromatic rings. The van der Waals surface area contributed by atoms with Gasteiger partial charge in [0.25, 0.3) is 0 Å². The summed E-state index contributed by atoms with van der Waals surface area (Å²) < 4.78 is 10.1. The maximum absolute atomic E-state index is 12.3. The molecule has 1 atom stereocenters. The highest BCUT2D eigenvalue weighted by molar-refractivity contribution is 5.87. The Morgan fingerprint density at radius 1 is 1.47 bits per heavy atom. The van der Waals surface area contributed by atoms with Crippen molar-refractivity contribution in [3.8, 4) is 0 Å². The van der Waals surface area contributed by atoms with Crippen molar-refractivity contribution in [2.24, 2.45) is 11.1 Å². The molecule has 7 nitrogen and oxygen atoms in total. The summed E-state index contributed by atoms with van der Waals surface area (Å²) in [4.78, 5) is 23.4. The summed E-state index contributed by atoms with van der Waals surface area (Å²) in [7, 11) is 1.49. The van der Waals surface area contributed by atoms with E-state index in [4.69, 9.17) is 20.3 Å². The molecule has 4 N–H and O–H groups in total. The van der Waals surface area contributed by atoms with Crippen LogP contribution in [0.3, 0.4) is 0 Å². The van der Waals surface area contributed by atoms with Gasteiger partial charge in [-0.2, -0.15) is 0 Å². The number of nitrogens with one attached hydrogen (secondary N) is 1. The van der Waals surface area contributed by atoms with Gasteiger partial charge in [-0.15, -0.1) is 0 Å². The number of carboxylic acid groups (broad SMARTS) is 1. The average molecular weight is 274 g/mol. The largest absolute Gasteiger partial charge is 0.480 e. The van der Waals surface area contributed by atoms with Crippen molar-refractivity contribution in [3.63, 3.8) is 0 Å². The summed E-state index contributed by atoms with van der Waals surface area (Å²) in [6.07, 6.45) is 1.27. The quantitative estimate of drug-likeness (QED) is 0.569. The number of carboxylic acids is 1.